The number of fused-ring (bicyclic) bond motifs is 1. The first kappa shape index (κ1) is 61.4. The molecule has 10 unspecified atom stereocenters. The predicted molar refractivity (Wildman–Crippen MR) is 264 cm³/mol. The molecule has 2 aliphatic rings. The Balaban J connectivity index is 2.11. The maximum Gasteiger partial charge on any atom is 0.303 e. The number of phenolic OH excluding ortho intramolecular Hbond substituents is 1. The second kappa shape index (κ2) is 31.0. The van der Waals surface area contributed by atoms with Gasteiger partial charge >= 0.3 is 5.97 Å². The first-order valence-corrected chi connectivity index (χ1v) is 25.3. The average Bonchev–Trinajstić information content (AvgIpc) is 3.83. The molecule has 74 heavy (non-hydrogen) atoms. The lowest BCUT2D eigenvalue weighted by Gasteiger charge is -2.30. The first-order valence-electron chi connectivity index (χ1n) is 25.3. The van der Waals surface area contributed by atoms with E-state index in [1.807, 2.05) is 0 Å². The Morgan fingerprint density at radius 3 is 1.84 bits per heavy atom. The summed E-state index contributed by atoms with van der Waals surface area (Å²) in [4.78, 5) is 149. The Bertz CT molecular complexity index is 2130. The van der Waals surface area contributed by atoms with Crippen molar-refractivity contribution in [2.45, 2.75) is 184 Å². The lowest BCUT2D eigenvalue weighted by atomic mass is 9.99. The highest BCUT2D eigenvalue weighted by molar-refractivity contribution is 6.00. The molecule has 0 spiro atoms. The van der Waals surface area contributed by atoms with Gasteiger partial charge in [0, 0.05) is 31.8 Å². The Kier molecular flexibility index (Phi) is 25.7. The van der Waals surface area contributed by atoms with Crippen LogP contribution in [0, 0.1) is 5.92 Å². The number of carbonyl (C=O) groups excluding carboxylic acids is 10. The van der Waals surface area contributed by atoms with E-state index in [9.17, 15) is 73.2 Å². The number of nitrogens with two attached hydrogens (primary N) is 2. The number of benzene rings is 1. The molecule has 10 atom stereocenters. The number of primary amides is 2. The average molecular weight is 1050 g/mol. The van der Waals surface area contributed by atoms with Gasteiger partial charge in [0.05, 0.1) is 25.6 Å². The summed E-state index contributed by atoms with van der Waals surface area (Å²) in [7, 11) is 0. The predicted octanol–water partition coefficient (Wildman–Crippen LogP) is -2.12. The second-order valence-electron chi connectivity index (χ2n) is 19.2. The van der Waals surface area contributed by atoms with Gasteiger partial charge in [0.25, 0.3) is 0 Å². The standard InChI is InChI=1S/C49H76N10O15/c1-4-27(2)12-9-7-5-6-8-10-13-30-23-40(65)53-34(24-38(50)63)45(70)55-33(22-29-15-17-31(62)18-16-29)44(69)56-35(25-39(51)64)49(74)59-21-11-14-37(59)47(72)54-32(19-20-41(66)67)43(68)57-36(26-60)46(71)58-42(28(3)61)48(73)52-30/h15-18,27-28,30,32-37,42,60-62H,4-14,19-26H2,1-3H3,(H2,50,63)(H2,51,64)(H,52,73)(H,53,65)(H,54,72)(H,55,70)(H,56,69)(H,57,68)(H,58,71)(H,66,67). The smallest absolute Gasteiger partial charge is 0.303 e. The second-order valence-corrected chi connectivity index (χ2v) is 19.2. The molecule has 2 saturated heterocycles. The zero-order chi connectivity index (χ0) is 55.1. The van der Waals surface area contributed by atoms with Crippen LogP contribution in [0.5, 0.6) is 5.75 Å². The molecule has 0 saturated carbocycles. The summed E-state index contributed by atoms with van der Waals surface area (Å²) in [5.41, 5.74) is 11.4. The molecule has 25 nitrogen and oxygen atoms in total. The molecule has 0 radical (unpaired) electrons. The number of carboxylic acid groups (broad SMARTS) is 1. The number of carbonyl (C=O) groups is 11. The van der Waals surface area contributed by atoms with Crippen LogP contribution < -0.4 is 48.7 Å². The van der Waals surface area contributed by atoms with Crippen molar-refractivity contribution in [1.82, 2.24) is 42.1 Å². The van der Waals surface area contributed by atoms with E-state index in [-0.39, 0.29) is 38.0 Å². The molecule has 412 valence electrons. The van der Waals surface area contributed by atoms with Crippen molar-refractivity contribution in [3.63, 3.8) is 0 Å². The molecule has 2 heterocycles. The summed E-state index contributed by atoms with van der Waals surface area (Å²) in [6.45, 7) is 4.31. The monoisotopic (exact) mass is 1040 g/mol. The van der Waals surface area contributed by atoms with Crippen LogP contribution in [0.1, 0.15) is 129 Å². The molecular weight excluding hydrogens is 969 g/mol. The number of aliphatic hydroxyl groups excluding tert-OH is 2. The van der Waals surface area contributed by atoms with Gasteiger partial charge in [0.15, 0.2) is 0 Å². The van der Waals surface area contributed by atoms with Crippen LogP contribution in [0.4, 0.5) is 0 Å². The summed E-state index contributed by atoms with van der Waals surface area (Å²) in [5.74, 6) is -11.3. The van der Waals surface area contributed by atoms with Crippen molar-refractivity contribution in [3.05, 3.63) is 29.8 Å². The summed E-state index contributed by atoms with van der Waals surface area (Å²) < 4.78 is 0. The highest BCUT2D eigenvalue weighted by atomic mass is 16.4. The number of hydrogen-bond donors (Lipinski definition) is 13. The quantitative estimate of drug-likeness (QED) is 0.0586. The highest BCUT2D eigenvalue weighted by Gasteiger charge is 2.41. The van der Waals surface area contributed by atoms with Crippen molar-refractivity contribution in [2.75, 3.05) is 13.2 Å². The van der Waals surface area contributed by atoms with Gasteiger partial charge in [-0.15, -0.1) is 0 Å². The van der Waals surface area contributed by atoms with Crippen molar-refractivity contribution in [2.24, 2.45) is 17.4 Å². The molecule has 0 bridgehead atoms. The Hall–Kier alpha value is -6.89. The van der Waals surface area contributed by atoms with Gasteiger partial charge in [0.2, 0.25) is 59.1 Å². The lowest BCUT2D eigenvalue weighted by Crippen LogP contribution is -2.61. The third-order valence-electron chi connectivity index (χ3n) is 13.1. The van der Waals surface area contributed by atoms with Gasteiger partial charge in [-0.25, -0.2) is 0 Å². The van der Waals surface area contributed by atoms with Gasteiger partial charge < -0.3 is 74.0 Å². The van der Waals surface area contributed by atoms with E-state index >= 15 is 0 Å². The number of aromatic hydroxyl groups is 1. The molecule has 0 aliphatic carbocycles. The third kappa shape index (κ3) is 20.9. The van der Waals surface area contributed by atoms with Crippen LogP contribution in [0.3, 0.4) is 0 Å². The minimum atomic E-state index is -1.84. The van der Waals surface area contributed by atoms with Gasteiger partial charge in [0.1, 0.15) is 48.0 Å². The number of unbranched alkanes of at least 4 members (excludes halogenated alkanes) is 5. The molecule has 10 amide bonds. The van der Waals surface area contributed by atoms with Crippen LogP contribution in [0.2, 0.25) is 0 Å². The normalized spacial score (nSPS) is 25.0. The van der Waals surface area contributed by atoms with E-state index in [0.29, 0.717) is 24.3 Å². The molecular formula is C49H76N10O15. The zero-order valence-corrected chi connectivity index (χ0v) is 42.4. The molecule has 2 fully saturated rings. The summed E-state index contributed by atoms with van der Waals surface area (Å²) in [6, 6.07) is -7.33. The van der Waals surface area contributed by atoms with Crippen LogP contribution >= 0.6 is 0 Å². The van der Waals surface area contributed by atoms with Crippen LogP contribution in [0.15, 0.2) is 24.3 Å². The number of nitrogens with one attached hydrogen (secondary N) is 7. The van der Waals surface area contributed by atoms with Crippen molar-refractivity contribution in [3.8, 4) is 5.75 Å². The van der Waals surface area contributed by atoms with Gasteiger partial charge in [-0.3, -0.25) is 52.7 Å². The fourth-order valence-corrected chi connectivity index (χ4v) is 8.65. The van der Waals surface area contributed by atoms with Crippen molar-refractivity contribution < 1.29 is 73.2 Å². The number of hydrogen-bond acceptors (Lipinski definition) is 14. The summed E-state index contributed by atoms with van der Waals surface area (Å²) >= 11 is 0. The third-order valence-corrected chi connectivity index (χ3v) is 13.1. The Labute approximate surface area is 429 Å². The van der Waals surface area contributed by atoms with Crippen molar-refractivity contribution >= 4 is 65.0 Å². The van der Waals surface area contributed by atoms with Gasteiger partial charge in [-0.2, -0.15) is 0 Å². The molecule has 25 heteroatoms. The van der Waals surface area contributed by atoms with E-state index in [2.05, 4.69) is 51.1 Å². The topological polar surface area (TPSA) is 408 Å². The number of amides is 10. The maximum atomic E-state index is 14.3. The minimum Gasteiger partial charge on any atom is -0.508 e. The van der Waals surface area contributed by atoms with Crippen LogP contribution in [0.25, 0.3) is 0 Å². The number of aliphatic hydroxyl groups is 2. The molecule has 0 aromatic heterocycles. The number of nitrogens with zero attached hydrogens (tertiary/aromatic N) is 1. The highest BCUT2D eigenvalue weighted by Crippen LogP contribution is 2.21. The molecule has 15 N–H and O–H groups in total. The van der Waals surface area contributed by atoms with E-state index in [4.69, 9.17) is 11.5 Å². The Morgan fingerprint density at radius 2 is 1.23 bits per heavy atom. The fraction of sp³-hybridized carbons (Fsp3) is 0.653. The van der Waals surface area contributed by atoms with Gasteiger partial charge in [-0.1, -0.05) is 77.3 Å². The van der Waals surface area contributed by atoms with E-state index < -0.39 is 158 Å². The Morgan fingerprint density at radius 1 is 0.676 bits per heavy atom. The number of aliphatic carboxylic acids is 1. The number of carboxylic acids is 1. The zero-order valence-electron chi connectivity index (χ0n) is 42.4. The number of phenols is 1. The fourth-order valence-electron chi connectivity index (χ4n) is 8.65. The van der Waals surface area contributed by atoms with Crippen molar-refractivity contribution in [1.29, 1.82) is 0 Å². The van der Waals surface area contributed by atoms with Crippen LogP contribution in [-0.4, -0.2) is 158 Å². The van der Waals surface area contributed by atoms with E-state index in [1.54, 1.807) is 0 Å². The largest absolute Gasteiger partial charge is 0.508 e. The number of rotatable bonds is 21. The summed E-state index contributed by atoms with van der Waals surface area (Å²) in [5, 5.41) is 57.4. The maximum absolute atomic E-state index is 14.3. The molecule has 1 aromatic carbocycles. The summed E-state index contributed by atoms with van der Waals surface area (Å²) in [6.07, 6.45) is 2.33. The molecule has 2 aliphatic heterocycles. The molecule has 1 aromatic rings. The molecule has 3 rings (SSSR count). The van der Waals surface area contributed by atoms with E-state index in [1.165, 1.54) is 31.2 Å². The SMILES string of the molecule is CCC(C)CCCCCCCCC1CC(=O)NC(CC(N)=O)C(=O)NC(Cc2ccc(O)cc2)C(=O)NC(CC(N)=O)C(=O)N2CCCC2C(=O)NC(CCC(=O)O)C(=O)NC(CO)C(=O)NC(C(C)O)C(=O)N1. The van der Waals surface area contributed by atoms with Gasteiger partial charge in [-0.05, 0) is 56.2 Å². The lowest BCUT2D eigenvalue weighted by molar-refractivity contribution is -0.143. The minimum absolute atomic E-state index is 0.0153. The van der Waals surface area contributed by atoms with Crippen LogP contribution in [-0.2, 0) is 59.2 Å². The first-order chi connectivity index (χ1) is 35.0. The van der Waals surface area contributed by atoms with E-state index in [0.717, 1.165) is 43.4 Å².